The lowest BCUT2D eigenvalue weighted by atomic mass is 9.84. The number of nitrogens with one attached hydrogen (secondary N) is 1. The summed E-state index contributed by atoms with van der Waals surface area (Å²) >= 11 is 0. The highest BCUT2D eigenvalue weighted by Gasteiger charge is 2.47. The van der Waals surface area contributed by atoms with Gasteiger partial charge in [-0.15, -0.1) is 0 Å². The third-order valence-electron chi connectivity index (χ3n) is 6.83. The number of benzene rings is 2. The highest BCUT2D eigenvalue weighted by Crippen LogP contribution is 2.41. The van der Waals surface area contributed by atoms with Crippen LogP contribution in [0.3, 0.4) is 0 Å². The second-order valence-corrected chi connectivity index (χ2v) is 8.67. The van der Waals surface area contributed by atoms with Crippen molar-refractivity contribution in [3.63, 3.8) is 0 Å². The van der Waals surface area contributed by atoms with E-state index in [0.717, 1.165) is 43.4 Å². The summed E-state index contributed by atoms with van der Waals surface area (Å²) in [6.45, 7) is 0.535. The maximum absolute atomic E-state index is 13.6. The number of fused-ring (bicyclic) bond motifs is 1. The molecule has 0 radical (unpaired) electrons. The van der Waals surface area contributed by atoms with E-state index in [2.05, 4.69) is 5.32 Å². The summed E-state index contributed by atoms with van der Waals surface area (Å²) in [6.07, 6.45) is 5.78. The monoisotopic (exact) mass is 436 g/mol. The lowest BCUT2D eigenvalue weighted by Crippen LogP contribution is -2.50. The second kappa shape index (κ2) is 10.1. The molecule has 1 saturated heterocycles. The molecule has 6 nitrogen and oxygen atoms in total. The summed E-state index contributed by atoms with van der Waals surface area (Å²) in [5, 5.41) is 3.08. The third kappa shape index (κ3) is 4.59. The molecular formula is C26H32N2O4. The molecule has 1 heterocycles. The highest BCUT2D eigenvalue weighted by molar-refractivity contribution is 6.00. The lowest BCUT2D eigenvalue weighted by Gasteiger charge is -2.34. The molecule has 2 amide bonds. The van der Waals surface area contributed by atoms with Gasteiger partial charge in [-0.05, 0) is 61.4 Å². The van der Waals surface area contributed by atoms with Crippen molar-refractivity contribution >= 4 is 11.8 Å². The molecule has 6 heteroatoms. The van der Waals surface area contributed by atoms with E-state index in [0.29, 0.717) is 23.8 Å². The van der Waals surface area contributed by atoms with Crippen molar-refractivity contribution in [2.45, 2.75) is 50.6 Å². The molecule has 0 bridgehead atoms. The standard InChI is InChI=1S/C26H32N2O4/c1-31-20-13-11-18(12-14-20)15-16-27-25(29)23-17-19-7-3-5-9-22(19)28(23)26(30)21-8-4-6-10-24(21)32-2/h4,6,8,10-14,19,22-23H,3,5,7,9,15-17H2,1-2H3,(H,27,29)/t19-,22+,23-/m0/s1. The number of rotatable bonds is 7. The fraction of sp³-hybridized carbons (Fsp3) is 0.462. The molecule has 32 heavy (non-hydrogen) atoms. The van der Waals surface area contributed by atoms with Crippen LogP contribution in [0.5, 0.6) is 11.5 Å². The normalized spacial score (nSPS) is 22.2. The average molecular weight is 437 g/mol. The van der Waals surface area contributed by atoms with Crippen LogP contribution in [-0.4, -0.2) is 49.6 Å². The van der Waals surface area contributed by atoms with Crippen LogP contribution < -0.4 is 14.8 Å². The van der Waals surface area contributed by atoms with Crippen molar-refractivity contribution in [3.8, 4) is 11.5 Å². The van der Waals surface area contributed by atoms with Crippen LogP contribution in [0, 0.1) is 5.92 Å². The summed E-state index contributed by atoms with van der Waals surface area (Å²) in [7, 11) is 3.22. The Labute approximate surface area is 189 Å². The van der Waals surface area contributed by atoms with E-state index in [1.807, 2.05) is 41.3 Å². The predicted molar refractivity (Wildman–Crippen MR) is 123 cm³/mol. The average Bonchev–Trinajstić information content (AvgIpc) is 3.23. The van der Waals surface area contributed by atoms with Gasteiger partial charge in [0.05, 0.1) is 19.8 Å². The van der Waals surface area contributed by atoms with Crippen molar-refractivity contribution in [1.82, 2.24) is 10.2 Å². The van der Waals surface area contributed by atoms with Crippen molar-refractivity contribution in [2.24, 2.45) is 5.92 Å². The Bertz CT molecular complexity index is 943. The van der Waals surface area contributed by atoms with Gasteiger partial charge in [0.2, 0.25) is 5.91 Å². The largest absolute Gasteiger partial charge is 0.497 e. The number of hydrogen-bond donors (Lipinski definition) is 1. The molecule has 3 atom stereocenters. The Kier molecular flexibility index (Phi) is 6.98. The van der Waals surface area contributed by atoms with Gasteiger partial charge in [0.1, 0.15) is 17.5 Å². The molecule has 4 rings (SSSR count). The topological polar surface area (TPSA) is 67.9 Å². The molecule has 2 aromatic rings. The zero-order valence-corrected chi connectivity index (χ0v) is 18.9. The summed E-state index contributed by atoms with van der Waals surface area (Å²) in [4.78, 5) is 28.7. The van der Waals surface area contributed by atoms with Gasteiger partial charge in [-0.2, -0.15) is 0 Å². The van der Waals surface area contributed by atoms with Gasteiger partial charge in [0, 0.05) is 12.6 Å². The van der Waals surface area contributed by atoms with Crippen LogP contribution in [0.25, 0.3) is 0 Å². The molecule has 1 saturated carbocycles. The van der Waals surface area contributed by atoms with E-state index in [1.165, 1.54) is 6.42 Å². The van der Waals surface area contributed by atoms with Crippen LogP contribution in [-0.2, 0) is 11.2 Å². The third-order valence-corrected chi connectivity index (χ3v) is 6.83. The Morgan fingerprint density at radius 3 is 2.50 bits per heavy atom. The number of para-hydroxylation sites is 1. The molecule has 170 valence electrons. The second-order valence-electron chi connectivity index (χ2n) is 8.67. The fourth-order valence-electron chi connectivity index (χ4n) is 5.19. The summed E-state index contributed by atoms with van der Waals surface area (Å²) in [5.74, 6) is 1.59. The molecule has 1 aliphatic heterocycles. The van der Waals surface area contributed by atoms with Crippen LogP contribution in [0.1, 0.15) is 48.0 Å². The van der Waals surface area contributed by atoms with Crippen LogP contribution in [0.15, 0.2) is 48.5 Å². The number of hydrogen-bond acceptors (Lipinski definition) is 4. The van der Waals surface area contributed by atoms with E-state index in [9.17, 15) is 9.59 Å². The van der Waals surface area contributed by atoms with Gasteiger partial charge >= 0.3 is 0 Å². The van der Waals surface area contributed by atoms with Gasteiger partial charge in [-0.25, -0.2) is 0 Å². The van der Waals surface area contributed by atoms with Crippen molar-refractivity contribution in [1.29, 1.82) is 0 Å². The van der Waals surface area contributed by atoms with E-state index >= 15 is 0 Å². The lowest BCUT2D eigenvalue weighted by molar-refractivity contribution is -0.125. The van der Waals surface area contributed by atoms with Crippen LogP contribution in [0.4, 0.5) is 0 Å². The number of carbonyl (C=O) groups is 2. The SMILES string of the molecule is COc1ccc(CCNC(=O)[C@@H]2C[C@@H]3CCCC[C@H]3N2C(=O)c2ccccc2OC)cc1. The molecule has 1 N–H and O–H groups in total. The first-order chi connectivity index (χ1) is 15.6. The Balaban J connectivity index is 1.47. The molecule has 1 aliphatic carbocycles. The number of likely N-dealkylation sites (tertiary alicyclic amines) is 1. The molecule has 0 spiro atoms. The van der Waals surface area contributed by atoms with Gasteiger partial charge in [-0.1, -0.05) is 37.1 Å². The fourth-order valence-corrected chi connectivity index (χ4v) is 5.19. The zero-order valence-electron chi connectivity index (χ0n) is 18.9. The van der Waals surface area contributed by atoms with E-state index < -0.39 is 6.04 Å². The smallest absolute Gasteiger partial charge is 0.258 e. The molecule has 2 aromatic carbocycles. The predicted octanol–water partition coefficient (Wildman–Crippen LogP) is 3.84. The maximum atomic E-state index is 13.6. The number of carbonyl (C=O) groups excluding carboxylic acids is 2. The zero-order chi connectivity index (χ0) is 22.5. The van der Waals surface area contributed by atoms with Gasteiger partial charge in [-0.3, -0.25) is 9.59 Å². The number of ether oxygens (including phenoxy) is 2. The molecule has 0 unspecified atom stereocenters. The summed E-state index contributed by atoms with van der Waals surface area (Å²) < 4.78 is 10.6. The number of amides is 2. The first kappa shape index (κ1) is 22.2. The molecular weight excluding hydrogens is 404 g/mol. The Morgan fingerprint density at radius 1 is 1.00 bits per heavy atom. The summed E-state index contributed by atoms with van der Waals surface area (Å²) in [5.41, 5.74) is 1.66. The quantitative estimate of drug-likeness (QED) is 0.716. The first-order valence-electron chi connectivity index (χ1n) is 11.5. The Morgan fingerprint density at radius 2 is 1.75 bits per heavy atom. The maximum Gasteiger partial charge on any atom is 0.258 e. The van der Waals surface area contributed by atoms with Crippen LogP contribution >= 0.6 is 0 Å². The molecule has 2 aliphatic rings. The minimum atomic E-state index is -0.434. The van der Waals surface area contributed by atoms with Crippen molar-refractivity contribution in [3.05, 3.63) is 59.7 Å². The molecule has 0 aromatic heterocycles. The van der Waals surface area contributed by atoms with Crippen molar-refractivity contribution < 1.29 is 19.1 Å². The van der Waals surface area contributed by atoms with E-state index in [-0.39, 0.29) is 17.9 Å². The van der Waals surface area contributed by atoms with E-state index in [4.69, 9.17) is 9.47 Å². The minimum absolute atomic E-state index is 0.0591. The van der Waals surface area contributed by atoms with Gasteiger partial charge in [0.15, 0.2) is 0 Å². The Hall–Kier alpha value is -3.02. The van der Waals surface area contributed by atoms with Crippen LogP contribution in [0.2, 0.25) is 0 Å². The van der Waals surface area contributed by atoms with Gasteiger partial charge in [0.25, 0.3) is 5.91 Å². The number of nitrogens with zero attached hydrogens (tertiary/aromatic N) is 1. The molecule has 2 fully saturated rings. The highest BCUT2D eigenvalue weighted by atomic mass is 16.5. The minimum Gasteiger partial charge on any atom is -0.497 e. The summed E-state index contributed by atoms with van der Waals surface area (Å²) in [6, 6.07) is 14.8. The number of methoxy groups -OCH3 is 2. The van der Waals surface area contributed by atoms with Gasteiger partial charge < -0.3 is 19.7 Å². The van der Waals surface area contributed by atoms with Crippen molar-refractivity contribution in [2.75, 3.05) is 20.8 Å². The van der Waals surface area contributed by atoms with E-state index in [1.54, 1.807) is 26.4 Å². The first-order valence-corrected chi connectivity index (χ1v) is 11.5.